The Bertz CT molecular complexity index is 402. The molecular formula is C18H38N4O3. The van der Waals surface area contributed by atoms with Gasteiger partial charge in [0.1, 0.15) is 5.60 Å². The molecule has 1 aliphatic rings. The van der Waals surface area contributed by atoms with Gasteiger partial charge in [-0.1, -0.05) is 0 Å². The molecule has 0 bridgehead atoms. The maximum absolute atomic E-state index is 11.9. The summed E-state index contributed by atoms with van der Waals surface area (Å²) in [7, 11) is 0. The summed E-state index contributed by atoms with van der Waals surface area (Å²) < 4.78 is 5.39. The largest absolute Gasteiger partial charge is 0.444 e. The second kappa shape index (κ2) is 10.6. The molecule has 0 saturated carbocycles. The van der Waals surface area contributed by atoms with Crippen LogP contribution >= 0.6 is 0 Å². The number of nitrogens with two attached hydrogens (primary N) is 1. The lowest BCUT2D eigenvalue weighted by molar-refractivity contribution is -0.110. The second-order valence-corrected chi connectivity index (χ2v) is 8.47. The molecule has 7 nitrogen and oxygen atoms in total. The molecule has 2 amide bonds. The molecule has 25 heavy (non-hydrogen) atoms. The summed E-state index contributed by atoms with van der Waals surface area (Å²) in [4.78, 5) is 25.8. The van der Waals surface area contributed by atoms with E-state index in [9.17, 15) is 9.59 Å². The quantitative estimate of drug-likeness (QED) is 0.748. The Labute approximate surface area is 153 Å². The van der Waals surface area contributed by atoms with Gasteiger partial charge in [0.2, 0.25) is 6.41 Å². The molecule has 3 N–H and O–H groups in total. The van der Waals surface area contributed by atoms with Crippen LogP contribution in [0.5, 0.6) is 0 Å². The number of amides is 2. The highest BCUT2D eigenvalue weighted by molar-refractivity contribution is 5.68. The SMILES string of the molecule is CC(C)(C)NC=O.C[C@@H]1CN(C(=O)OC(C)(C)C)CCN1CCCN. The third kappa shape index (κ3) is 11.8. The summed E-state index contributed by atoms with van der Waals surface area (Å²) in [6.07, 6.45) is 1.52. The zero-order chi connectivity index (χ0) is 19.7. The molecule has 1 heterocycles. The van der Waals surface area contributed by atoms with Crippen LogP contribution in [0.3, 0.4) is 0 Å². The normalized spacial score (nSPS) is 18.9. The van der Waals surface area contributed by atoms with E-state index >= 15 is 0 Å². The predicted molar refractivity (Wildman–Crippen MR) is 101 cm³/mol. The number of hydrogen-bond donors (Lipinski definition) is 2. The van der Waals surface area contributed by atoms with E-state index < -0.39 is 5.60 Å². The molecule has 148 valence electrons. The van der Waals surface area contributed by atoms with Crippen LogP contribution in [0, 0.1) is 0 Å². The van der Waals surface area contributed by atoms with Gasteiger partial charge in [-0.05, 0) is 68.0 Å². The van der Waals surface area contributed by atoms with Crippen LogP contribution in [-0.4, -0.2) is 72.2 Å². The maximum atomic E-state index is 11.9. The van der Waals surface area contributed by atoms with Crippen molar-refractivity contribution in [1.82, 2.24) is 15.1 Å². The van der Waals surface area contributed by atoms with Crippen LogP contribution in [-0.2, 0) is 9.53 Å². The molecule has 0 unspecified atom stereocenters. The summed E-state index contributed by atoms with van der Waals surface area (Å²) >= 11 is 0. The minimum Gasteiger partial charge on any atom is -0.444 e. The van der Waals surface area contributed by atoms with Crippen molar-refractivity contribution in [1.29, 1.82) is 0 Å². The highest BCUT2D eigenvalue weighted by Crippen LogP contribution is 2.14. The van der Waals surface area contributed by atoms with Crippen molar-refractivity contribution >= 4 is 12.5 Å². The summed E-state index contributed by atoms with van der Waals surface area (Å²) in [6.45, 7) is 17.7. The lowest BCUT2D eigenvalue weighted by Gasteiger charge is -2.40. The predicted octanol–water partition coefficient (Wildman–Crippen LogP) is 1.81. The van der Waals surface area contributed by atoms with Gasteiger partial charge in [0.15, 0.2) is 0 Å². The van der Waals surface area contributed by atoms with E-state index in [-0.39, 0.29) is 11.6 Å². The molecule has 0 spiro atoms. The maximum Gasteiger partial charge on any atom is 0.410 e. The van der Waals surface area contributed by atoms with E-state index in [2.05, 4.69) is 17.1 Å². The molecule has 0 aromatic rings. The Morgan fingerprint density at radius 1 is 1.24 bits per heavy atom. The molecule has 0 aromatic heterocycles. The third-order valence-corrected chi connectivity index (χ3v) is 3.56. The first-order valence-corrected chi connectivity index (χ1v) is 9.03. The van der Waals surface area contributed by atoms with Crippen molar-refractivity contribution < 1.29 is 14.3 Å². The highest BCUT2D eigenvalue weighted by Gasteiger charge is 2.29. The minimum atomic E-state index is -0.420. The van der Waals surface area contributed by atoms with E-state index in [0.29, 0.717) is 12.5 Å². The summed E-state index contributed by atoms with van der Waals surface area (Å²) in [5.41, 5.74) is 5.04. The molecule has 0 aromatic carbocycles. The fraction of sp³-hybridized carbons (Fsp3) is 0.889. The topological polar surface area (TPSA) is 87.9 Å². The lowest BCUT2D eigenvalue weighted by Crippen LogP contribution is -2.54. The second-order valence-electron chi connectivity index (χ2n) is 8.47. The molecule has 1 rings (SSSR count). The van der Waals surface area contributed by atoms with E-state index in [1.54, 1.807) is 4.90 Å². The molecule has 0 radical (unpaired) electrons. The molecule has 0 aliphatic carbocycles. The molecule has 1 fully saturated rings. The van der Waals surface area contributed by atoms with Gasteiger partial charge in [-0.15, -0.1) is 0 Å². The average Bonchev–Trinajstić information content (AvgIpc) is 2.43. The van der Waals surface area contributed by atoms with Gasteiger partial charge < -0.3 is 20.7 Å². The number of nitrogens with one attached hydrogen (secondary N) is 1. The Morgan fingerprint density at radius 2 is 1.84 bits per heavy atom. The standard InChI is InChI=1S/C13H27N3O2.C5H11NO/c1-11-10-16(12(17)18-13(2,3)4)9-8-15(11)7-5-6-14;1-5(2,3)6-4-7/h11H,5-10,14H2,1-4H3;4H,1-3H3,(H,6,7)/t11-;/m1./s1. The first-order valence-electron chi connectivity index (χ1n) is 9.03. The number of piperazine rings is 1. The number of hydrogen-bond acceptors (Lipinski definition) is 5. The van der Waals surface area contributed by atoms with E-state index in [0.717, 1.165) is 39.1 Å². The van der Waals surface area contributed by atoms with Gasteiger partial charge in [0, 0.05) is 31.2 Å². The molecule has 1 saturated heterocycles. The smallest absolute Gasteiger partial charge is 0.410 e. The first-order chi connectivity index (χ1) is 11.4. The zero-order valence-electron chi connectivity index (χ0n) is 17.1. The van der Waals surface area contributed by atoms with Gasteiger partial charge in [-0.25, -0.2) is 4.79 Å². The fourth-order valence-corrected chi connectivity index (χ4v) is 2.29. The summed E-state index contributed by atoms with van der Waals surface area (Å²) in [5, 5.41) is 2.60. The van der Waals surface area contributed by atoms with Crippen molar-refractivity contribution in [2.75, 3.05) is 32.7 Å². The Morgan fingerprint density at radius 3 is 2.20 bits per heavy atom. The molecule has 1 aliphatic heterocycles. The van der Waals surface area contributed by atoms with Crippen molar-refractivity contribution in [3.63, 3.8) is 0 Å². The average molecular weight is 359 g/mol. The fourth-order valence-electron chi connectivity index (χ4n) is 2.29. The van der Waals surface area contributed by atoms with E-state index in [1.165, 1.54) is 0 Å². The monoisotopic (exact) mass is 358 g/mol. The highest BCUT2D eigenvalue weighted by atomic mass is 16.6. The van der Waals surface area contributed by atoms with E-state index in [4.69, 9.17) is 10.5 Å². The Balaban J connectivity index is 0.000000697. The van der Waals surface area contributed by atoms with Gasteiger partial charge in [-0.2, -0.15) is 0 Å². The number of rotatable bonds is 4. The van der Waals surface area contributed by atoms with Crippen molar-refractivity contribution in [2.24, 2.45) is 5.73 Å². The van der Waals surface area contributed by atoms with Gasteiger partial charge >= 0.3 is 6.09 Å². The molecule has 7 heteroatoms. The Hall–Kier alpha value is -1.34. The van der Waals surface area contributed by atoms with Gasteiger partial charge in [0.05, 0.1) is 0 Å². The van der Waals surface area contributed by atoms with Crippen molar-refractivity contribution in [2.45, 2.75) is 72.1 Å². The Kier molecular flexibility index (Phi) is 10.0. The summed E-state index contributed by atoms with van der Waals surface area (Å²) in [6, 6.07) is 0.373. The third-order valence-electron chi connectivity index (χ3n) is 3.56. The van der Waals surface area contributed by atoms with Crippen LogP contribution in [0.4, 0.5) is 4.79 Å². The lowest BCUT2D eigenvalue weighted by atomic mass is 10.1. The number of ether oxygens (including phenoxy) is 1. The van der Waals surface area contributed by atoms with Crippen molar-refractivity contribution in [3.8, 4) is 0 Å². The van der Waals surface area contributed by atoms with Gasteiger partial charge in [-0.3, -0.25) is 9.69 Å². The molecular weight excluding hydrogens is 320 g/mol. The van der Waals surface area contributed by atoms with Crippen LogP contribution in [0.1, 0.15) is 54.9 Å². The number of carbonyl (C=O) groups is 2. The molecule has 1 atom stereocenters. The van der Waals surface area contributed by atoms with E-state index in [1.807, 2.05) is 41.5 Å². The van der Waals surface area contributed by atoms with Crippen LogP contribution in [0.2, 0.25) is 0 Å². The minimum absolute atomic E-state index is 0.0677. The van der Waals surface area contributed by atoms with Crippen LogP contribution < -0.4 is 11.1 Å². The van der Waals surface area contributed by atoms with Crippen LogP contribution in [0.25, 0.3) is 0 Å². The van der Waals surface area contributed by atoms with Crippen LogP contribution in [0.15, 0.2) is 0 Å². The van der Waals surface area contributed by atoms with Crippen molar-refractivity contribution in [3.05, 3.63) is 0 Å². The van der Waals surface area contributed by atoms with Gasteiger partial charge in [0.25, 0.3) is 0 Å². The summed E-state index contributed by atoms with van der Waals surface area (Å²) in [5.74, 6) is 0. The number of carbonyl (C=O) groups excluding carboxylic acids is 2. The first kappa shape index (κ1) is 23.7. The number of nitrogens with zero attached hydrogens (tertiary/aromatic N) is 2. The zero-order valence-corrected chi connectivity index (χ0v) is 17.1.